The van der Waals surface area contributed by atoms with E-state index in [1.165, 1.54) is 0 Å². The van der Waals surface area contributed by atoms with E-state index in [1.807, 2.05) is 42.5 Å². The summed E-state index contributed by atoms with van der Waals surface area (Å²) < 4.78 is 0. The smallest absolute Gasteiger partial charge is 0.318 e. The summed E-state index contributed by atoms with van der Waals surface area (Å²) in [6.07, 6.45) is 3.84. The van der Waals surface area contributed by atoms with Gasteiger partial charge in [0.1, 0.15) is 5.41 Å². The molecule has 0 aliphatic heterocycles. The number of aliphatic carboxylic acids is 1. The lowest BCUT2D eigenvalue weighted by molar-refractivity contribution is -0.141. The van der Waals surface area contributed by atoms with Crippen LogP contribution in [0.5, 0.6) is 0 Å². The van der Waals surface area contributed by atoms with Crippen molar-refractivity contribution in [2.24, 2.45) is 0 Å². The normalized spacial score (nSPS) is 13.4. The molecule has 0 radical (unpaired) electrons. The second-order valence-electron chi connectivity index (χ2n) is 6.41. The van der Waals surface area contributed by atoms with Crippen molar-refractivity contribution in [2.75, 3.05) is 0 Å². The van der Waals surface area contributed by atoms with E-state index in [0.29, 0.717) is 21.2 Å². The van der Waals surface area contributed by atoms with Crippen LogP contribution >= 0.6 is 23.2 Å². The molecule has 0 fully saturated rings. The van der Waals surface area contributed by atoms with Gasteiger partial charge < -0.3 is 5.11 Å². The standard InChI is InChI=1S/C23H18Cl2O2/c1-23(22(26)27,18-9-11-19(24)12-10-18)21-14-13-20(25)15-17(21)8-7-16-5-3-2-4-6-16/h2-15H,1H3,(H,26,27)/b8-7+. The van der Waals surface area contributed by atoms with Crippen molar-refractivity contribution in [3.05, 3.63) is 105 Å². The summed E-state index contributed by atoms with van der Waals surface area (Å²) in [6.45, 7) is 1.70. The summed E-state index contributed by atoms with van der Waals surface area (Å²) in [5.41, 5.74) is 1.84. The van der Waals surface area contributed by atoms with Crippen molar-refractivity contribution < 1.29 is 9.90 Å². The summed E-state index contributed by atoms with van der Waals surface area (Å²) in [5, 5.41) is 11.2. The lowest BCUT2D eigenvalue weighted by atomic mass is 9.74. The number of halogens is 2. The van der Waals surface area contributed by atoms with Crippen LogP contribution in [0.25, 0.3) is 12.2 Å². The molecule has 3 aromatic carbocycles. The third kappa shape index (κ3) is 4.08. The molecule has 27 heavy (non-hydrogen) atoms. The Kier molecular flexibility index (Phi) is 5.69. The zero-order valence-electron chi connectivity index (χ0n) is 14.7. The van der Waals surface area contributed by atoms with Gasteiger partial charge in [-0.2, -0.15) is 0 Å². The first-order chi connectivity index (χ1) is 12.9. The highest BCUT2D eigenvalue weighted by molar-refractivity contribution is 6.31. The predicted molar refractivity (Wildman–Crippen MR) is 112 cm³/mol. The largest absolute Gasteiger partial charge is 0.480 e. The van der Waals surface area contributed by atoms with E-state index in [1.54, 1.807) is 49.4 Å². The van der Waals surface area contributed by atoms with Crippen LogP contribution in [0.3, 0.4) is 0 Å². The molecule has 1 atom stereocenters. The van der Waals surface area contributed by atoms with Gasteiger partial charge in [0, 0.05) is 10.0 Å². The van der Waals surface area contributed by atoms with Gasteiger partial charge in [0.15, 0.2) is 0 Å². The highest BCUT2D eigenvalue weighted by Gasteiger charge is 2.38. The summed E-state index contributed by atoms with van der Waals surface area (Å²) in [7, 11) is 0. The molecule has 0 spiro atoms. The molecule has 0 aliphatic carbocycles. The molecule has 4 heteroatoms. The van der Waals surface area contributed by atoms with Gasteiger partial charge in [-0.3, -0.25) is 4.79 Å². The summed E-state index contributed by atoms with van der Waals surface area (Å²) in [6, 6.07) is 22.0. The molecular formula is C23H18Cl2O2. The van der Waals surface area contributed by atoms with Crippen molar-refractivity contribution >= 4 is 41.3 Å². The number of benzene rings is 3. The molecule has 0 bridgehead atoms. The third-order valence-corrected chi connectivity index (χ3v) is 5.14. The second-order valence-corrected chi connectivity index (χ2v) is 7.29. The van der Waals surface area contributed by atoms with Gasteiger partial charge in [-0.15, -0.1) is 0 Å². The summed E-state index contributed by atoms with van der Waals surface area (Å²) >= 11 is 12.2. The minimum Gasteiger partial charge on any atom is -0.480 e. The van der Waals surface area contributed by atoms with Crippen LogP contribution in [0, 0.1) is 0 Å². The molecule has 0 amide bonds. The van der Waals surface area contributed by atoms with Crippen molar-refractivity contribution in [1.82, 2.24) is 0 Å². The van der Waals surface area contributed by atoms with Gasteiger partial charge in [-0.25, -0.2) is 0 Å². The van der Waals surface area contributed by atoms with E-state index in [4.69, 9.17) is 23.2 Å². The SMILES string of the molecule is CC(C(=O)O)(c1ccc(Cl)cc1)c1ccc(Cl)cc1/C=C/c1ccccc1. The van der Waals surface area contributed by atoms with E-state index in [0.717, 1.165) is 11.1 Å². The molecule has 0 saturated carbocycles. The Morgan fingerprint density at radius 3 is 2.15 bits per heavy atom. The van der Waals surface area contributed by atoms with Gasteiger partial charge in [0.05, 0.1) is 0 Å². The Bertz CT molecular complexity index is 979. The topological polar surface area (TPSA) is 37.3 Å². The van der Waals surface area contributed by atoms with Crippen molar-refractivity contribution in [3.8, 4) is 0 Å². The lowest BCUT2D eigenvalue weighted by Gasteiger charge is -2.28. The van der Waals surface area contributed by atoms with E-state index in [-0.39, 0.29) is 0 Å². The number of carboxylic acid groups (broad SMARTS) is 1. The van der Waals surface area contributed by atoms with Crippen LogP contribution in [-0.2, 0) is 10.2 Å². The molecule has 0 aromatic heterocycles. The Hall–Kier alpha value is -2.55. The van der Waals surface area contributed by atoms with E-state index in [2.05, 4.69) is 0 Å². The highest BCUT2D eigenvalue weighted by atomic mass is 35.5. The summed E-state index contributed by atoms with van der Waals surface area (Å²) in [5.74, 6) is -0.943. The fourth-order valence-corrected chi connectivity index (χ4v) is 3.36. The van der Waals surface area contributed by atoms with Gasteiger partial charge in [-0.1, -0.05) is 83.9 Å². The number of carboxylic acids is 1. The molecule has 2 nitrogen and oxygen atoms in total. The maximum absolute atomic E-state index is 12.3. The number of carbonyl (C=O) groups is 1. The molecule has 0 aliphatic rings. The Balaban J connectivity index is 2.15. The lowest BCUT2D eigenvalue weighted by Crippen LogP contribution is -2.34. The van der Waals surface area contributed by atoms with Crippen LogP contribution in [0.1, 0.15) is 29.2 Å². The fourth-order valence-electron chi connectivity index (χ4n) is 3.05. The third-order valence-electron chi connectivity index (χ3n) is 4.66. The zero-order valence-corrected chi connectivity index (χ0v) is 16.2. The van der Waals surface area contributed by atoms with Gasteiger partial charge in [-0.05, 0) is 53.4 Å². The van der Waals surface area contributed by atoms with Gasteiger partial charge >= 0.3 is 5.97 Å². The minimum atomic E-state index is -1.24. The minimum absolute atomic E-state index is 0.551. The number of hydrogen-bond donors (Lipinski definition) is 1. The quantitative estimate of drug-likeness (QED) is 0.496. The second kappa shape index (κ2) is 7.99. The zero-order chi connectivity index (χ0) is 19.4. The van der Waals surface area contributed by atoms with E-state index < -0.39 is 11.4 Å². The molecule has 1 unspecified atom stereocenters. The maximum atomic E-state index is 12.3. The molecule has 3 rings (SSSR count). The van der Waals surface area contributed by atoms with Gasteiger partial charge in [0.2, 0.25) is 0 Å². The van der Waals surface area contributed by atoms with Crippen LogP contribution in [-0.4, -0.2) is 11.1 Å². The molecule has 1 N–H and O–H groups in total. The first-order valence-electron chi connectivity index (χ1n) is 8.44. The Morgan fingerprint density at radius 1 is 0.889 bits per heavy atom. The van der Waals surface area contributed by atoms with Crippen molar-refractivity contribution in [1.29, 1.82) is 0 Å². The van der Waals surface area contributed by atoms with Crippen molar-refractivity contribution in [2.45, 2.75) is 12.3 Å². The number of rotatable bonds is 5. The first kappa shape index (κ1) is 19.2. The first-order valence-corrected chi connectivity index (χ1v) is 9.19. The maximum Gasteiger partial charge on any atom is 0.318 e. The monoisotopic (exact) mass is 396 g/mol. The predicted octanol–water partition coefficient (Wildman–Crippen LogP) is 6.55. The van der Waals surface area contributed by atoms with E-state index >= 15 is 0 Å². The van der Waals surface area contributed by atoms with Crippen LogP contribution in [0.15, 0.2) is 72.8 Å². The van der Waals surface area contributed by atoms with Crippen molar-refractivity contribution in [3.63, 3.8) is 0 Å². The Morgan fingerprint density at radius 2 is 1.52 bits per heavy atom. The number of hydrogen-bond acceptors (Lipinski definition) is 1. The van der Waals surface area contributed by atoms with Gasteiger partial charge in [0.25, 0.3) is 0 Å². The molecule has 3 aromatic rings. The average Bonchev–Trinajstić information content (AvgIpc) is 2.67. The molecule has 136 valence electrons. The molecule has 0 saturated heterocycles. The Labute approximate surface area is 168 Å². The van der Waals surface area contributed by atoms with Crippen LogP contribution in [0.4, 0.5) is 0 Å². The highest BCUT2D eigenvalue weighted by Crippen LogP contribution is 2.37. The summed E-state index contributed by atoms with van der Waals surface area (Å²) in [4.78, 5) is 12.3. The fraction of sp³-hybridized carbons (Fsp3) is 0.0870. The van der Waals surface area contributed by atoms with Crippen LogP contribution in [0.2, 0.25) is 10.0 Å². The molecule has 0 heterocycles. The van der Waals surface area contributed by atoms with E-state index in [9.17, 15) is 9.90 Å². The molecular weight excluding hydrogens is 379 g/mol. The van der Waals surface area contributed by atoms with Crippen LogP contribution < -0.4 is 0 Å². The average molecular weight is 397 g/mol.